The predicted molar refractivity (Wildman–Crippen MR) is 114 cm³/mol. The van der Waals surface area contributed by atoms with E-state index in [9.17, 15) is 14.0 Å². The summed E-state index contributed by atoms with van der Waals surface area (Å²) in [4.78, 5) is 28.1. The molecular weight excluding hydrogens is 417 g/mol. The van der Waals surface area contributed by atoms with Gasteiger partial charge in [-0.2, -0.15) is 0 Å². The summed E-state index contributed by atoms with van der Waals surface area (Å²) in [6.45, 7) is 0. The van der Waals surface area contributed by atoms with Crippen LogP contribution in [0, 0.1) is 5.82 Å². The van der Waals surface area contributed by atoms with Gasteiger partial charge in [-0.25, -0.2) is 9.18 Å². The molecule has 0 saturated heterocycles. The van der Waals surface area contributed by atoms with E-state index in [4.69, 9.17) is 10.5 Å². The lowest BCUT2D eigenvalue weighted by molar-refractivity contribution is 0.0997. The van der Waals surface area contributed by atoms with Gasteiger partial charge >= 0.3 is 6.03 Å². The van der Waals surface area contributed by atoms with E-state index in [1.165, 1.54) is 31.5 Å². The third-order valence-corrected chi connectivity index (χ3v) is 5.20. The molecule has 0 bridgehead atoms. The second-order valence-corrected chi connectivity index (χ2v) is 7.45. The third-order valence-electron chi connectivity index (χ3n) is 5.20. The number of primary amides is 1. The van der Waals surface area contributed by atoms with Crippen molar-refractivity contribution >= 4 is 34.3 Å². The number of nitrogens with two attached hydrogens (primary N) is 1. The smallest absolute Gasteiger partial charge is 0.319 e. The molecule has 0 unspecified atom stereocenters. The molecule has 0 atom stereocenters. The first kappa shape index (κ1) is 19.7. The molecular formula is C21H18FN7O3. The van der Waals surface area contributed by atoms with E-state index in [1.807, 2.05) is 0 Å². The van der Waals surface area contributed by atoms with E-state index < -0.39 is 17.8 Å². The van der Waals surface area contributed by atoms with Gasteiger partial charge in [0, 0.05) is 17.7 Å². The fraction of sp³-hybridized carbons (Fsp3) is 0.190. The molecule has 1 aliphatic carbocycles. The fourth-order valence-corrected chi connectivity index (χ4v) is 3.46. The Labute approximate surface area is 180 Å². The molecule has 162 valence electrons. The number of nitrogens with one attached hydrogen (secondary N) is 2. The molecule has 2 heterocycles. The average molecular weight is 435 g/mol. The lowest BCUT2D eigenvalue weighted by Gasteiger charge is -2.11. The molecule has 2 aromatic carbocycles. The SMILES string of the molecule is COc1cc2ncc3nnc(-c4ccc(NC(=O)NC5CC5)c(F)c4)n3c2cc1C(N)=O. The van der Waals surface area contributed by atoms with Crippen molar-refractivity contribution in [3.63, 3.8) is 0 Å². The molecule has 0 aliphatic heterocycles. The van der Waals surface area contributed by atoms with Gasteiger partial charge in [-0.15, -0.1) is 10.2 Å². The maximum Gasteiger partial charge on any atom is 0.319 e. The molecule has 1 aliphatic rings. The molecule has 0 radical (unpaired) electrons. The van der Waals surface area contributed by atoms with Crippen molar-refractivity contribution in [2.75, 3.05) is 12.4 Å². The number of fused-ring (bicyclic) bond motifs is 3. The van der Waals surface area contributed by atoms with Gasteiger partial charge in [0.05, 0.1) is 35.6 Å². The maximum atomic E-state index is 14.7. The average Bonchev–Trinajstić information content (AvgIpc) is 3.48. The topological polar surface area (TPSA) is 137 Å². The number of rotatable bonds is 5. The summed E-state index contributed by atoms with van der Waals surface area (Å²) in [5, 5.41) is 13.5. The highest BCUT2D eigenvalue weighted by atomic mass is 19.1. The van der Waals surface area contributed by atoms with Gasteiger partial charge in [0.2, 0.25) is 0 Å². The van der Waals surface area contributed by atoms with Crippen LogP contribution in [0.15, 0.2) is 36.5 Å². The first-order chi connectivity index (χ1) is 15.4. The van der Waals surface area contributed by atoms with Crippen LogP contribution in [0.1, 0.15) is 23.2 Å². The zero-order valence-electron chi connectivity index (χ0n) is 16.9. The van der Waals surface area contributed by atoms with Gasteiger partial charge in [0.1, 0.15) is 11.6 Å². The summed E-state index contributed by atoms with van der Waals surface area (Å²) < 4.78 is 21.6. The Balaban J connectivity index is 1.59. The minimum Gasteiger partial charge on any atom is -0.496 e. The Bertz CT molecular complexity index is 1400. The number of ether oxygens (including phenoxy) is 1. The van der Waals surface area contributed by atoms with Gasteiger partial charge in [0.25, 0.3) is 5.91 Å². The zero-order chi connectivity index (χ0) is 22.4. The fourth-order valence-electron chi connectivity index (χ4n) is 3.46. The van der Waals surface area contributed by atoms with E-state index in [0.717, 1.165) is 12.8 Å². The number of hydrogen-bond acceptors (Lipinski definition) is 6. The second-order valence-electron chi connectivity index (χ2n) is 7.45. The summed E-state index contributed by atoms with van der Waals surface area (Å²) in [5.74, 6) is -0.664. The highest BCUT2D eigenvalue weighted by molar-refractivity contribution is 6.00. The van der Waals surface area contributed by atoms with Crippen LogP contribution in [0.5, 0.6) is 5.75 Å². The Morgan fingerprint density at radius 3 is 2.72 bits per heavy atom. The third kappa shape index (κ3) is 3.43. The van der Waals surface area contributed by atoms with Crippen molar-refractivity contribution in [1.29, 1.82) is 0 Å². The number of hydrogen-bond donors (Lipinski definition) is 3. The van der Waals surface area contributed by atoms with Crippen LogP contribution >= 0.6 is 0 Å². The summed E-state index contributed by atoms with van der Waals surface area (Å²) in [6.07, 6.45) is 3.37. The van der Waals surface area contributed by atoms with Crippen molar-refractivity contribution < 1.29 is 18.7 Å². The van der Waals surface area contributed by atoms with Crippen LogP contribution in [0.3, 0.4) is 0 Å². The van der Waals surface area contributed by atoms with E-state index in [2.05, 4.69) is 25.8 Å². The summed E-state index contributed by atoms with van der Waals surface area (Å²) in [7, 11) is 1.43. The minimum atomic E-state index is -0.665. The quantitative estimate of drug-likeness (QED) is 0.441. The van der Waals surface area contributed by atoms with E-state index >= 15 is 0 Å². The van der Waals surface area contributed by atoms with E-state index in [-0.39, 0.29) is 23.0 Å². The first-order valence-electron chi connectivity index (χ1n) is 9.83. The molecule has 3 amide bonds. The number of nitrogens with zero attached hydrogens (tertiary/aromatic N) is 4. The summed E-state index contributed by atoms with van der Waals surface area (Å²) in [5.41, 5.74) is 7.55. The zero-order valence-corrected chi connectivity index (χ0v) is 16.9. The Morgan fingerprint density at radius 1 is 1.22 bits per heavy atom. The van der Waals surface area contributed by atoms with Crippen LogP contribution in [-0.4, -0.2) is 44.7 Å². The number of amides is 3. The van der Waals surface area contributed by atoms with Crippen LogP contribution in [-0.2, 0) is 0 Å². The second kappa shape index (κ2) is 7.45. The first-order valence-corrected chi connectivity index (χ1v) is 9.83. The lowest BCUT2D eigenvalue weighted by atomic mass is 10.1. The van der Waals surface area contributed by atoms with E-state index in [0.29, 0.717) is 28.1 Å². The number of benzene rings is 2. The van der Waals surface area contributed by atoms with Crippen molar-refractivity contribution in [3.05, 3.63) is 47.9 Å². The molecule has 0 spiro atoms. The maximum absolute atomic E-state index is 14.7. The number of urea groups is 1. The molecule has 2 aromatic heterocycles. The van der Waals surface area contributed by atoms with Crippen LogP contribution in [0.4, 0.5) is 14.9 Å². The van der Waals surface area contributed by atoms with Crippen molar-refractivity contribution in [2.24, 2.45) is 5.73 Å². The normalized spacial score (nSPS) is 13.3. The molecule has 4 N–H and O–H groups in total. The van der Waals surface area contributed by atoms with Gasteiger partial charge in [-0.3, -0.25) is 14.2 Å². The lowest BCUT2D eigenvalue weighted by Crippen LogP contribution is -2.30. The predicted octanol–water partition coefficient (Wildman–Crippen LogP) is 2.47. The molecule has 5 rings (SSSR count). The summed E-state index contributed by atoms with van der Waals surface area (Å²) >= 11 is 0. The van der Waals surface area contributed by atoms with Crippen LogP contribution < -0.4 is 21.1 Å². The molecule has 11 heteroatoms. The minimum absolute atomic E-state index is 0.0491. The Kier molecular flexibility index (Phi) is 4.58. The molecule has 1 fully saturated rings. The standard InChI is InChI=1S/C21H18FN7O3/c1-32-17-8-15-16(7-12(17)19(23)30)29-18(9-24-15)27-28-20(29)10-2-5-14(13(22)6-10)26-21(31)25-11-3-4-11/h2,5-9,11H,3-4H2,1H3,(H2,23,30)(H2,25,26,31). The van der Waals surface area contributed by atoms with Crippen molar-refractivity contribution in [3.8, 4) is 17.1 Å². The number of carbonyl (C=O) groups is 2. The van der Waals surface area contributed by atoms with Gasteiger partial charge < -0.3 is 21.1 Å². The number of carbonyl (C=O) groups excluding carboxylic acids is 2. The number of methoxy groups -OCH3 is 1. The molecule has 10 nitrogen and oxygen atoms in total. The van der Waals surface area contributed by atoms with Crippen molar-refractivity contribution in [1.82, 2.24) is 24.9 Å². The largest absolute Gasteiger partial charge is 0.496 e. The van der Waals surface area contributed by atoms with Gasteiger partial charge in [-0.1, -0.05) is 0 Å². The number of anilines is 1. The molecule has 32 heavy (non-hydrogen) atoms. The number of aromatic nitrogens is 4. The van der Waals surface area contributed by atoms with Crippen LogP contribution in [0.2, 0.25) is 0 Å². The van der Waals surface area contributed by atoms with Gasteiger partial charge in [-0.05, 0) is 37.1 Å². The highest BCUT2D eigenvalue weighted by Crippen LogP contribution is 2.29. The highest BCUT2D eigenvalue weighted by Gasteiger charge is 2.24. The monoisotopic (exact) mass is 435 g/mol. The Morgan fingerprint density at radius 2 is 2.03 bits per heavy atom. The van der Waals surface area contributed by atoms with Crippen LogP contribution in [0.25, 0.3) is 28.1 Å². The molecule has 1 saturated carbocycles. The van der Waals surface area contributed by atoms with Crippen molar-refractivity contribution in [2.45, 2.75) is 18.9 Å². The molecule has 4 aromatic rings. The van der Waals surface area contributed by atoms with Gasteiger partial charge in [0.15, 0.2) is 11.5 Å². The Hall–Kier alpha value is -4.28. The van der Waals surface area contributed by atoms with E-state index in [1.54, 1.807) is 16.5 Å². The number of halogens is 1. The summed E-state index contributed by atoms with van der Waals surface area (Å²) in [6, 6.07) is 7.18.